The van der Waals surface area contributed by atoms with Gasteiger partial charge in [-0.05, 0) is 24.3 Å². The minimum atomic E-state index is -1.10. The van der Waals surface area contributed by atoms with Crippen molar-refractivity contribution in [1.29, 1.82) is 0 Å². The van der Waals surface area contributed by atoms with Gasteiger partial charge in [0.15, 0.2) is 11.6 Å². The van der Waals surface area contributed by atoms with Crippen molar-refractivity contribution in [3.05, 3.63) is 70.8 Å². The molecule has 25 heavy (non-hydrogen) atoms. The molecule has 3 rings (SSSR count). The first-order valence-electron chi connectivity index (χ1n) is 6.84. The first-order valence-corrected chi connectivity index (χ1v) is 6.84. The average Bonchev–Trinajstić information content (AvgIpc) is 2.59. The molecule has 1 N–H and O–H groups in total. The highest BCUT2D eigenvalue weighted by Crippen LogP contribution is 2.35. The summed E-state index contributed by atoms with van der Waals surface area (Å²) in [7, 11) is 0. The van der Waals surface area contributed by atoms with Gasteiger partial charge in [0.05, 0.1) is 11.1 Å². The van der Waals surface area contributed by atoms with Crippen molar-refractivity contribution < 1.29 is 18.4 Å². The van der Waals surface area contributed by atoms with Crippen LogP contribution in [0.2, 0.25) is 0 Å². The molecule has 0 fully saturated rings. The van der Waals surface area contributed by atoms with Gasteiger partial charge in [0.2, 0.25) is 5.82 Å². The van der Waals surface area contributed by atoms with Gasteiger partial charge in [-0.2, -0.15) is 4.98 Å². The Bertz CT molecular complexity index is 924. The number of nitrogens with one attached hydrogen (secondary N) is 1. The third-order valence-electron chi connectivity index (χ3n) is 3.00. The summed E-state index contributed by atoms with van der Waals surface area (Å²) in [5, 5.41) is 14.0. The number of ether oxygens (including phenoxy) is 1. The van der Waals surface area contributed by atoms with Crippen molar-refractivity contribution in [2.75, 3.05) is 5.32 Å². The van der Waals surface area contributed by atoms with E-state index in [1.54, 1.807) is 12.1 Å². The molecule has 126 valence electrons. The van der Waals surface area contributed by atoms with Crippen LogP contribution in [0.1, 0.15) is 0 Å². The lowest BCUT2D eigenvalue weighted by Gasteiger charge is -2.09. The Morgan fingerprint density at radius 2 is 2.00 bits per heavy atom. The summed E-state index contributed by atoms with van der Waals surface area (Å²) in [4.78, 5) is 22.0. The second-order valence-electron chi connectivity index (χ2n) is 4.68. The molecule has 2 aromatic heterocycles. The van der Waals surface area contributed by atoms with Crippen molar-refractivity contribution in [3.63, 3.8) is 0 Å². The number of pyridine rings is 1. The van der Waals surface area contributed by atoms with E-state index in [0.29, 0.717) is 0 Å². The lowest BCUT2D eigenvalue weighted by Crippen LogP contribution is -2.04. The Labute approximate surface area is 139 Å². The van der Waals surface area contributed by atoms with Crippen molar-refractivity contribution in [3.8, 4) is 11.6 Å². The number of halogens is 2. The van der Waals surface area contributed by atoms with Gasteiger partial charge in [-0.3, -0.25) is 15.1 Å². The monoisotopic (exact) mass is 345 g/mol. The molecule has 0 amide bonds. The van der Waals surface area contributed by atoms with E-state index in [1.807, 2.05) is 0 Å². The smallest absolute Gasteiger partial charge is 0.373 e. The van der Waals surface area contributed by atoms with Crippen LogP contribution in [0.4, 0.5) is 26.0 Å². The standard InChI is InChI=1S/C15H9F2N5O3/c16-11-4-3-9(6-12(11)17)21-14-13(22(23)24)15(20-8-19-14)25-10-2-1-5-18-7-10/h1-8H,(H,19,20,21). The first kappa shape index (κ1) is 16.2. The van der Waals surface area contributed by atoms with Gasteiger partial charge in [-0.25, -0.2) is 13.8 Å². The maximum atomic E-state index is 13.3. The second kappa shape index (κ2) is 6.83. The van der Waals surface area contributed by atoms with E-state index in [-0.39, 0.29) is 23.1 Å². The van der Waals surface area contributed by atoms with Crippen LogP contribution in [0.3, 0.4) is 0 Å². The van der Waals surface area contributed by atoms with Gasteiger partial charge in [0.1, 0.15) is 12.1 Å². The molecule has 0 bridgehead atoms. The summed E-state index contributed by atoms with van der Waals surface area (Å²) in [5.74, 6) is -2.46. The van der Waals surface area contributed by atoms with E-state index in [1.165, 1.54) is 18.5 Å². The number of anilines is 2. The summed E-state index contributed by atoms with van der Waals surface area (Å²) in [5.41, 5.74) is -0.482. The molecule has 0 unspecified atom stereocenters. The summed E-state index contributed by atoms with van der Waals surface area (Å²) in [6.07, 6.45) is 3.91. The Morgan fingerprint density at radius 1 is 1.16 bits per heavy atom. The molecule has 0 aliphatic rings. The number of benzene rings is 1. The summed E-state index contributed by atoms with van der Waals surface area (Å²) >= 11 is 0. The molecule has 10 heteroatoms. The molecule has 0 aliphatic carbocycles. The van der Waals surface area contributed by atoms with Crippen molar-refractivity contribution in [1.82, 2.24) is 15.0 Å². The fraction of sp³-hybridized carbons (Fsp3) is 0. The molecule has 0 spiro atoms. The van der Waals surface area contributed by atoms with Crippen molar-refractivity contribution >= 4 is 17.2 Å². The summed E-state index contributed by atoms with van der Waals surface area (Å²) in [6, 6.07) is 6.08. The number of hydrogen-bond donors (Lipinski definition) is 1. The predicted octanol–water partition coefficient (Wildman–Crippen LogP) is 3.59. The number of aromatic nitrogens is 3. The van der Waals surface area contributed by atoms with Gasteiger partial charge in [-0.15, -0.1) is 0 Å². The van der Waals surface area contributed by atoms with Crippen LogP contribution in [-0.4, -0.2) is 19.9 Å². The summed E-state index contributed by atoms with van der Waals surface area (Å²) in [6.45, 7) is 0. The molecule has 0 saturated carbocycles. The number of hydrogen-bond acceptors (Lipinski definition) is 7. The van der Waals surface area contributed by atoms with Crippen molar-refractivity contribution in [2.24, 2.45) is 0 Å². The van der Waals surface area contributed by atoms with E-state index in [0.717, 1.165) is 18.5 Å². The van der Waals surface area contributed by atoms with Crippen molar-refractivity contribution in [2.45, 2.75) is 0 Å². The largest absolute Gasteiger partial charge is 0.432 e. The molecule has 0 radical (unpaired) electrons. The number of nitrogens with zero attached hydrogens (tertiary/aromatic N) is 4. The molecule has 2 heterocycles. The molecule has 0 atom stereocenters. The Morgan fingerprint density at radius 3 is 2.68 bits per heavy atom. The fourth-order valence-electron chi connectivity index (χ4n) is 1.92. The zero-order valence-corrected chi connectivity index (χ0v) is 12.4. The quantitative estimate of drug-likeness (QED) is 0.556. The lowest BCUT2D eigenvalue weighted by molar-refractivity contribution is -0.385. The highest BCUT2D eigenvalue weighted by atomic mass is 19.2. The van der Waals surface area contributed by atoms with Crippen LogP contribution in [0.25, 0.3) is 0 Å². The van der Waals surface area contributed by atoms with Crippen LogP contribution in [0.15, 0.2) is 49.1 Å². The third-order valence-corrected chi connectivity index (χ3v) is 3.00. The van der Waals surface area contributed by atoms with Gasteiger partial charge in [0.25, 0.3) is 0 Å². The second-order valence-corrected chi connectivity index (χ2v) is 4.68. The maximum Gasteiger partial charge on any atom is 0.373 e. The zero-order chi connectivity index (χ0) is 17.8. The maximum absolute atomic E-state index is 13.3. The number of nitro groups is 1. The topological polar surface area (TPSA) is 103 Å². The molecule has 0 aliphatic heterocycles. The Kier molecular flexibility index (Phi) is 4.42. The molecule has 8 nitrogen and oxygen atoms in total. The SMILES string of the molecule is O=[N+]([O-])c1c(Nc2ccc(F)c(F)c2)ncnc1Oc1cccnc1. The van der Waals surface area contributed by atoms with Crippen LogP contribution < -0.4 is 10.1 Å². The summed E-state index contributed by atoms with van der Waals surface area (Å²) < 4.78 is 31.6. The molecular formula is C15H9F2N5O3. The molecule has 1 aromatic carbocycles. The lowest BCUT2D eigenvalue weighted by atomic mass is 10.3. The molecule has 3 aromatic rings. The van der Waals surface area contributed by atoms with E-state index >= 15 is 0 Å². The van der Waals surface area contributed by atoms with Gasteiger partial charge in [0, 0.05) is 18.0 Å². The van der Waals surface area contributed by atoms with E-state index in [9.17, 15) is 18.9 Å². The van der Waals surface area contributed by atoms with E-state index in [4.69, 9.17) is 4.74 Å². The Balaban J connectivity index is 1.97. The minimum absolute atomic E-state index is 0.0769. The zero-order valence-electron chi connectivity index (χ0n) is 12.4. The normalized spacial score (nSPS) is 10.3. The predicted molar refractivity (Wildman–Crippen MR) is 82.6 cm³/mol. The highest BCUT2D eigenvalue weighted by Gasteiger charge is 2.25. The first-order chi connectivity index (χ1) is 12.0. The van der Waals surface area contributed by atoms with Gasteiger partial charge >= 0.3 is 11.6 Å². The molecular weight excluding hydrogens is 336 g/mol. The fourth-order valence-corrected chi connectivity index (χ4v) is 1.92. The molecule has 0 saturated heterocycles. The average molecular weight is 345 g/mol. The third kappa shape index (κ3) is 3.63. The minimum Gasteiger partial charge on any atom is -0.432 e. The van der Waals surface area contributed by atoms with Gasteiger partial charge < -0.3 is 10.1 Å². The van der Waals surface area contributed by atoms with E-state index in [2.05, 4.69) is 20.3 Å². The van der Waals surface area contributed by atoms with Crippen LogP contribution in [0.5, 0.6) is 11.6 Å². The van der Waals surface area contributed by atoms with Crippen LogP contribution in [-0.2, 0) is 0 Å². The van der Waals surface area contributed by atoms with Gasteiger partial charge in [-0.1, -0.05) is 0 Å². The van der Waals surface area contributed by atoms with E-state index < -0.39 is 22.2 Å². The Hall–Kier alpha value is -3.69. The van der Waals surface area contributed by atoms with Crippen LogP contribution >= 0.6 is 0 Å². The highest BCUT2D eigenvalue weighted by molar-refractivity contribution is 5.68. The van der Waals surface area contributed by atoms with Crippen LogP contribution in [0, 0.1) is 21.7 Å². The number of rotatable bonds is 5.